The first-order valence-electron chi connectivity index (χ1n) is 6.67. The Hall–Kier alpha value is -1.84. The summed E-state index contributed by atoms with van der Waals surface area (Å²) in [6.45, 7) is 5.78. The molecule has 0 heterocycles. The molecule has 0 saturated carbocycles. The van der Waals surface area contributed by atoms with E-state index in [2.05, 4.69) is 4.74 Å². The second-order valence-electron chi connectivity index (χ2n) is 4.87. The summed E-state index contributed by atoms with van der Waals surface area (Å²) in [6.07, 6.45) is 1.13. The van der Waals surface area contributed by atoms with Crippen LogP contribution in [0.4, 0.5) is 0 Å². The topological polar surface area (TPSA) is 52.6 Å². The molecule has 0 unspecified atom stereocenters. The van der Waals surface area contributed by atoms with Crippen LogP contribution in [0.3, 0.4) is 0 Å². The van der Waals surface area contributed by atoms with E-state index in [9.17, 15) is 9.59 Å². The Morgan fingerprint density at radius 1 is 1.05 bits per heavy atom. The van der Waals surface area contributed by atoms with Gasteiger partial charge in [-0.15, -0.1) is 0 Å². The monoisotopic (exact) mass is 278 g/mol. The van der Waals surface area contributed by atoms with Crippen molar-refractivity contribution in [2.24, 2.45) is 0 Å². The molecule has 0 spiro atoms. The molecule has 0 fully saturated rings. The molecule has 4 heteroatoms. The summed E-state index contributed by atoms with van der Waals surface area (Å²) < 4.78 is 9.86. The number of carbonyl (C=O) groups is 2. The predicted molar refractivity (Wildman–Crippen MR) is 77.4 cm³/mol. The maximum Gasteiger partial charge on any atom is 0.305 e. The van der Waals surface area contributed by atoms with Gasteiger partial charge in [0, 0.05) is 18.4 Å². The van der Waals surface area contributed by atoms with Crippen LogP contribution in [0.2, 0.25) is 0 Å². The number of benzene rings is 1. The highest BCUT2D eigenvalue weighted by atomic mass is 16.5. The molecular weight excluding hydrogens is 256 g/mol. The van der Waals surface area contributed by atoms with E-state index >= 15 is 0 Å². The molecule has 0 aliphatic rings. The second-order valence-corrected chi connectivity index (χ2v) is 4.87. The van der Waals surface area contributed by atoms with Gasteiger partial charge in [0.25, 0.3) is 0 Å². The highest BCUT2D eigenvalue weighted by Gasteiger charge is 2.17. The van der Waals surface area contributed by atoms with Crippen LogP contribution >= 0.6 is 0 Å². The Morgan fingerprint density at radius 2 is 1.70 bits per heavy atom. The number of hydrogen-bond donors (Lipinski definition) is 0. The Morgan fingerprint density at radius 3 is 2.25 bits per heavy atom. The van der Waals surface area contributed by atoms with Crippen LogP contribution in [0.1, 0.15) is 46.3 Å². The van der Waals surface area contributed by atoms with Gasteiger partial charge in [-0.2, -0.15) is 0 Å². The molecule has 0 bridgehead atoms. The molecule has 0 aromatic heterocycles. The molecule has 0 aliphatic heterocycles. The van der Waals surface area contributed by atoms with Crippen molar-refractivity contribution in [3.63, 3.8) is 0 Å². The third kappa shape index (κ3) is 3.59. The zero-order chi connectivity index (χ0) is 15.3. The minimum absolute atomic E-state index is 0.0645. The Labute approximate surface area is 120 Å². The third-order valence-corrected chi connectivity index (χ3v) is 3.56. The minimum atomic E-state index is -0.280. The van der Waals surface area contributed by atoms with Crippen molar-refractivity contribution in [1.82, 2.24) is 0 Å². The standard InChI is InChI=1S/C16H22O4/c1-10-9-14(19-4)11(2)12(3)16(10)13(17)7-6-8-15(18)20-5/h9H,6-8H2,1-5H3. The first-order chi connectivity index (χ1) is 9.42. The number of aryl methyl sites for hydroxylation is 1. The van der Waals surface area contributed by atoms with E-state index in [1.165, 1.54) is 7.11 Å². The van der Waals surface area contributed by atoms with Gasteiger partial charge >= 0.3 is 5.97 Å². The van der Waals surface area contributed by atoms with E-state index in [4.69, 9.17) is 4.74 Å². The summed E-state index contributed by atoms with van der Waals surface area (Å²) in [5, 5.41) is 0. The highest BCUT2D eigenvalue weighted by molar-refractivity contribution is 5.99. The summed E-state index contributed by atoms with van der Waals surface area (Å²) in [7, 11) is 2.98. The zero-order valence-corrected chi connectivity index (χ0v) is 12.8. The summed E-state index contributed by atoms with van der Waals surface area (Å²) in [5.41, 5.74) is 3.58. The highest BCUT2D eigenvalue weighted by Crippen LogP contribution is 2.28. The lowest BCUT2D eigenvalue weighted by Gasteiger charge is -2.15. The number of carbonyl (C=O) groups excluding carboxylic acids is 2. The maximum absolute atomic E-state index is 12.3. The second kappa shape index (κ2) is 7.08. The summed E-state index contributed by atoms with van der Waals surface area (Å²) >= 11 is 0. The number of ether oxygens (including phenoxy) is 2. The van der Waals surface area contributed by atoms with E-state index in [0.717, 1.165) is 28.0 Å². The van der Waals surface area contributed by atoms with Crippen LogP contribution in [-0.2, 0) is 9.53 Å². The van der Waals surface area contributed by atoms with Crippen LogP contribution in [-0.4, -0.2) is 26.0 Å². The molecule has 1 aromatic carbocycles. The summed E-state index contributed by atoms with van der Waals surface area (Å²) in [4.78, 5) is 23.4. The fraction of sp³-hybridized carbons (Fsp3) is 0.500. The molecule has 0 atom stereocenters. The summed E-state index contributed by atoms with van der Waals surface area (Å²) in [5.74, 6) is 0.581. The van der Waals surface area contributed by atoms with Crippen LogP contribution in [0.5, 0.6) is 5.75 Å². The van der Waals surface area contributed by atoms with E-state index in [0.29, 0.717) is 12.8 Å². The molecule has 0 aliphatic carbocycles. The van der Waals surface area contributed by atoms with Crippen LogP contribution in [0.15, 0.2) is 6.07 Å². The van der Waals surface area contributed by atoms with Gasteiger partial charge in [-0.05, 0) is 49.9 Å². The first kappa shape index (κ1) is 16.2. The summed E-state index contributed by atoms with van der Waals surface area (Å²) in [6, 6.07) is 1.88. The Bertz CT molecular complexity index is 518. The van der Waals surface area contributed by atoms with Gasteiger partial charge in [-0.1, -0.05) is 0 Å². The van der Waals surface area contributed by atoms with Crippen molar-refractivity contribution in [2.45, 2.75) is 40.0 Å². The van der Waals surface area contributed by atoms with Gasteiger partial charge in [-0.3, -0.25) is 9.59 Å². The smallest absolute Gasteiger partial charge is 0.305 e. The van der Waals surface area contributed by atoms with Crippen molar-refractivity contribution < 1.29 is 19.1 Å². The lowest BCUT2D eigenvalue weighted by atomic mass is 9.92. The molecular formula is C16H22O4. The third-order valence-electron chi connectivity index (χ3n) is 3.56. The predicted octanol–water partition coefficient (Wildman–Crippen LogP) is 3.15. The minimum Gasteiger partial charge on any atom is -0.496 e. The van der Waals surface area contributed by atoms with E-state index < -0.39 is 0 Å². The molecule has 110 valence electrons. The van der Waals surface area contributed by atoms with Crippen molar-refractivity contribution in [3.8, 4) is 5.75 Å². The van der Waals surface area contributed by atoms with Crippen molar-refractivity contribution in [2.75, 3.05) is 14.2 Å². The average molecular weight is 278 g/mol. The van der Waals surface area contributed by atoms with Crippen molar-refractivity contribution >= 4 is 11.8 Å². The SMILES string of the molecule is COC(=O)CCCC(=O)c1c(C)cc(OC)c(C)c1C. The van der Waals surface area contributed by atoms with E-state index in [1.54, 1.807) is 7.11 Å². The molecule has 1 rings (SSSR count). The number of methoxy groups -OCH3 is 2. The van der Waals surface area contributed by atoms with Crippen LogP contribution in [0.25, 0.3) is 0 Å². The Kier molecular flexibility index (Phi) is 5.74. The molecule has 0 amide bonds. The quantitative estimate of drug-likeness (QED) is 0.592. The normalized spacial score (nSPS) is 10.2. The first-order valence-corrected chi connectivity index (χ1v) is 6.67. The lowest BCUT2D eigenvalue weighted by Crippen LogP contribution is -2.08. The molecule has 0 N–H and O–H groups in total. The Balaban J connectivity index is 2.88. The lowest BCUT2D eigenvalue weighted by molar-refractivity contribution is -0.140. The largest absolute Gasteiger partial charge is 0.496 e. The zero-order valence-electron chi connectivity index (χ0n) is 12.8. The number of rotatable bonds is 6. The van der Waals surface area contributed by atoms with Gasteiger partial charge in [0.1, 0.15) is 5.75 Å². The maximum atomic E-state index is 12.3. The average Bonchev–Trinajstić information content (AvgIpc) is 2.42. The van der Waals surface area contributed by atoms with E-state index in [1.807, 2.05) is 26.8 Å². The molecule has 0 saturated heterocycles. The van der Waals surface area contributed by atoms with Gasteiger partial charge in [0.15, 0.2) is 5.78 Å². The van der Waals surface area contributed by atoms with Crippen LogP contribution < -0.4 is 4.74 Å². The number of esters is 1. The van der Waals surface area contributed by atoms with E-state index in [-0.39, 0.29) is 18.2 Å². The fourth-order valence-corrected chi connectivity index (χ4v) is 2.31. The number of ketones is 1. The molecule has 4 nitrogen and oxygen atoms in total. The van der Waals surface area contributed by atoms with Crippen LogP contribution in [0, 0.1) is 20.8 Å². The molecule has 0 radical (unpaired) electrons. The molecule has 1 aromatic rings. The van der Waals surface area contributed by atoms with Gasteiger partial charge < -0.3 is 9.47 Å². The van der Waals surface area contributed by atoms with Crippen molar-refractivity contribution in [3.05, 3.63) is 28.3 Å². The van der Waals surface area contributed by atoms with Crippen molar-refractivity contribution in [1.29, 1.82) is 0 Å². The van der Waals surface area contributed by atoms with Gasteiger partial charge in [-0.25, -0.2) is 0 Å². The molecule has 20 heavy (non-hydrogen) atoms. The number of Topliss-reactive ketones (excluding diaryl/α,β-unsaturated/α-hetero) is 1. The van der Waals surface area contributed by atoms with Gasteiger partial charge in [0.2, 0.25) is 0 Å². The number of hydrogen-bond acceptors (Lipinski definition) is 4. The van der Waals surface area contributed by atoms with Gasteiger partial charge in [0.05, 0.1) is 14.2 Å². The fourth-order valence-electron chi connectivity index (χ4n) is 2.31.